The Morgan fingerprint density at radius 2 is 2.19 bits per heavy atom. The number of ether oxygens (including phenoxy) is 2. The molecule has 0 radical (unpaired) electrons. The summed E-state index contributed by atoms with van der Waals surface area (Å²) in [6.07, 6.45) is 0.884. The van der Waals surface area contributed by atoms with Crippen LogP contribution in [0.3, 0.4) is 0 Å². The molecule has 0 aliphatic carbocycles. The van der Waals surface area contributed by atoms with E-state index in [1.165, 1.54) is 17.4 Å². The summed E-state index contributed by atoms with van der Waals surface area (Å²) in [5.74, 6) is -0.130. The highest BCUT2D eigenvalue weighted by Crippen LogP contribution is 2.26. The van der Waals surface area contributed by atoms with Gasteiger partial charge in [0.05, 0.1) is 17.3 Å². The first kappa shape index (κ1) is 15.3. The van der Waals surface area contributed by atoms with Crippen LogP contribution in [0.2, 0.25) is 0 Å². The van der Waals surface area contributed by atoms with E-state index in [-0.39, 0.29) is 12.2 Å². The first-order chi connectivity index (χ1) is 10.1. The molecule has 1 aromatic heterocycles. The van der Waals surface area contributed by atoms with Gasteiger partial charge in [0.25, 0.3) is 0 Å². The van der Waals surface area contributed by atoms with Crippen LogP contribution in [0.1, 0.15) is 34.4 Å². The van der Waals surface area contributed by atoms with E-state index < -0.39 is 5.97 Å². The van der Waals surface area contributed by atoms with Crippen molar-refractivity contribution in [2.24, 2.45) is 0 Å². The zero-order valence-electron chi connectivity index (χ0n) is 12.0. The molecule has 2 aromatic rings. The van der Waals surface area contributed by atoms with Gasteiger partial charge in [0.2, 0.25) is 0 Å². The van der Waals surface area contributed by atoms with E-state index in [0.717, 1.165) is 17.1 Å². The predicted molar refractivity (Wildman–Crippen MR) is 80.4 cm³/mol. The Hall–Kier alpha value is -2.08. The van der Waals surface area contributed by atoms with Crippen molar-refractivity contribution in [3.8, 4) is 11.5 Å². The lowest BCUT2D eigenvalue weighted by Gasteiger charge is -2.11. The first-order valence-corrected chi connectivity index (χ1v) is 7.52. The summed E-state index contributed by atoms with van der Waals surface area (Å²) in [5, 5.41) is 12.0. The first-order valence-electron chi connectivity index (χ1n) is 6.64. The van der Waals surface area contributed by atoms with Gasteiger partial charge in [-0.15, -0.1) is 11.3 Å². The molecule has 0 aliphatic heterocycles. The highest BCUT2D eigenvalue weighted by atomic mass is 32.1. The van der Waals surface area contributed by atoms with Crippen LogP contribution in [0.5, 0.6) is 11.5 Å². The summed E-state index contributed by atoms with van der Waals surface area (Å²) in [6, 6.07) is 4.74. The summed E-state index contributed by atoms with van der Waals surface area (Å²) in [7, 11) is 0. The third-order valence-electron chi connectivity index (χ3n) is 2.70. The van der Waals surface area contributed by atoms with Crippen molar-refractivity contribution in [1.82, 2.24) is 4.98 Å². The molecular weight excluding hydrogens is 290 g/mol. The van der Waals surface area contributed by atoms with Crippen molar-refractivity contribution >= 4 is 17.3 Å². The van der Waals surface area contributed by atoms with Gasteiger partial charge in [0.15, 0.2) is 0 Å². The molecular formula is C15H17NO4S. The number of carboxylic acid groups (broad SMARTS) is 1. The van der Waals surface area contributed by atoms with Gasteiger partial charge in [-0.3, -0.25) is 0 Å². The van der Waals surface area contributed by atoms with Gasteiger partial charge in [-0.2, -0.15) is 0 Å². The Morgan fingerprint density at radius 1 is 1.38 bits per heavy atom. The van der Waals surface area contributed by atoms with Gasteiger partial charge in [-0.05, 0) is 25.5 Å². The van der Waals surface area contributed by atoms with Gasteiger partial charge in [0.1, 0.15) is 23.7 Å². The number of carboxylic acids is 1. The highest BCUT2D eigenvalue weighted by Gasteiger charge is 2.13. The second-order valence-electron chi connectivity index (χ2n) is 4.46. The molecule has 5 nitrogen and oxygen atoms in total. The highest BCUT2D eigenvalue weighted by molar-refractivity contribution is 7.09. The maximum atomic E-state index is 11.2. The number of thiazole rings is 1. The second kappa shape index (κ2) is 7.08. The van der Waals surface area contributed by atoms with Crippen LogP contribution >= 0.6 is 11.3 Å². The minimum atomic E-state index is -1.03. The summed E-state index contributed by atoms with van der Waals surface area (Å²) in [4.78, 5) is 15.5. The number of hydrogen-bond donors (Lipinski definition) is 1. The molecule has 112 valence electrons. The van der Waals surface area contributed by atoms with E-state index in [2.05, 4.69) is 4.98 Å². The normalized spacial score (nSPS) is 10.4. The van der Waals surface area contributed by atoms with Crippen LogP contribution in [0.15, 0.2) is 23.6 Å². The van der Waals surface area contributed by atoms with E-state index in [4.69, 9.17) is 9.47 Å². The standard InChI is InChI=1S/C15H17NO4S/c1-3-6-19-12-4-5-13(15(17)18)14(7-12)20-8-11-9-21-10(2)16-11/h4-5,7,9H,3,6,8H2,1-2H3,(H,17,18). The van der Waals surface area contributed by atoms with E-state index in [9.17, 15) is 9.90 Å². The number of aromatic carboxylic acids is 1. The maximum Gasteiger partial charge on any atom is 0.339 e. The lowest BCUT2D eigenvalue weighted by molar-refractivity contribution is 0.0691. The number of aryl methyl sites for hydroxylation is 1. The van der Waals surface area contributed by atoms with Crippen molar-refractivity contribution < 1.29 is 19.4 Å². The molecule has 1 heterocycles. The summed E-state index contributed by atoms with van der Waals surface area (Å²) >= 11 is 1.53. The number of aromatic nitrogens is 1. The molecule has 0 aliphatic rings. The van der Waals surface area contributed by atoms with Crippen LogP contribution in [0.25, 0.3) is 0 Å². The van der Waals surface area contributed by atoms with Gasteiger partial charge in [-0.1, -0.05) is 6.92 Å². The molecule has 1 N–H and O–H groups in total. The number of nitrogens with zero attached hydrogens (tertiary/aromatic N) is 1. The number of hydrogen-bond acceptors (Lipinski definition) is 5. The van der Waals surface area contributed by atoms with Gasteiger partial charge >= 0.3 is 5.97 Å². The summed E-state index contributed by atoms with van der Waals surface area (Å²) < 4.78 is 11.1. The van der Waals surface area contributed by atoms with Gasteiger partial charge < -0.3 is 14.6 Å². The molecule has 2 rings (SSSR count). The molecule has 0 amide bonds. The van der Waals surface area contributed by atoms with Crippen molar-refractivity contribution in [3.63, 3.8) is 0 Å². The number of benzene rings is 1. The molecule has 0 spiro atoms. The fourth-order valence-corrected chi connectivity index (χ4v) is 2.33. The lowest BCUT2D eigenvalue weighted by Crippen LogP contribution is -2.05. The average molecular weight is 307 g/mol. The maximum absolute atomic E-state index is 11.2. The second-order valence-corrected chi connectivity index (χ2v) is 5.52. The predicted octanol–water partition coefficient (Wildman–Crippen LogP) is 3.52. The molecule has 0 saturated carbocycles. The largest absolute Gasteiger partial charge is 0.493 e. The topological polar surface area (TPSA) is 68.7 Å². The summed E-state index contributed by atoms with van der Waals surface area (Å²) in [5.41, 5.74) is 0.902. The zero-order valence-corrected chi connectivity index (χ0v) is 12.8. The van der Waals surface area contributed by atoms with Crippen LogP contribution in [0, 0.1) is 6.92 Å². The Kier molecular flexibility index (Phi) is 5.16. The van der Waals surface area contributed by atoms with E-state index in [1.807, 2.05) is 19.2 Å². The lowest BCUT2D eigenvalue weighted by atomic mass is 10.2. The molecule has 21 heavy (non-hydrogen) atoms. The van der Waals surface area contributed by atoms with Crippen molar-refractivity contribution in [2.75, 3.05) is 6.61 Å². The van der Waals surface area contributed by atoms with Crippen LogP contribution in [-0.4, -0.2) is 22.7 Å². The Bertz CT molecular complexity index is 624. The zero-order chi connectivity index (χ0) is 15.2. The molecule has 0 saturated heterocycles. The molecule has 0 unspecified atom stereocenters. The smallest absolute Gasteiger partial charge is 0.339 e. The Balaban J connectivity index is 2.15. The molecule has 6 heteroatoms. The van der Waals surface area contributed by atoms with E-state index in [1.54, 1.807) is 12.1 Å². The summed E-state index contributed by atoms with van der Waals surface area (Å²) in [6.45, 7) is 4.74. The Morgan fingerprint density at radius 3 is 2.81 bits per heavy atom. The van der Waals surface area contributed by atoms with Crippen LogP contribution in [0.4, 0.5) is 0 Å². The molecule has 0 fully saturated rings. The monoisotopic (exact) mass is 307 g/mol. The molecule has 0 atom stereocenters. The quantitative estimate of drug-likeness (QED) is 0.847. The fraction of sp³-hybridized carbons (Fsp3) is 0.333. The third-order valence-corrected chi connectivity index (χ3v) is 3.52. The number of rotatable bonds is 7. The van der Waals surface area contributed by atoms with E-state index >= 15 is 0 Å². The average Bonchev–Trinajstić information content (AvgIpc) is 2.88. The third kappa shape index (κ3) is 4.19. The minimum absolute atomic E-state index is 0.116. The van der Waals surface area contributed by atoms with Gasteiger partial charge in [-0.25, -0.2) is 9.78 Å². The van der Waals surface area contributed by atoms with E-state index in [0.29, 0.717) is 18.1 Å². The molecule has 0 bridgehead atoms. The van der Waals surface area contributed by atoms with Crippen LogP contribution < -0.4 is 9.47 Å². The van der Waals surface area contributed by atoms with Crippen molar-refractivity contribution in [1.29, 1.82) is 0 Å². The SMILES string of the molecule is CCCOc1ccc(C(=O)O)c(OCc2csc(C)n2)c1. The van der Waals surface area contributed by atoms with Crippen molar-refractivity contribution in [3.05, 3.63) is 39.8 Å². The Labute approximate surface area is 127 Å². The van der Waals surface area contributed by atoms with Gasteiger partial charge in [0, 0.05) is 11.4 Å². The minimum Gasteiger partial charge on any atom is -0.493 e. The van der Waals surface area contributed by atoms with Crippen molar-refractivity contribution in [2.45, 2.75) is 26.9 Å². The number of carbonyl (C=O) groups is 1. The molecule has 1 aromatic carbocycles. The van der Waals surface area contributed by atoms with Crippen LogP contribution in [-0.2, 0) is 6.61 Å². The fourth-order valence-electron chi connectivity index (χ4n) is 1.73.